The molecular formula is C19H26N2O3S. The van der Waals surface area contributed by atoms with Crippen LogP contribution in [0, 0.1) is 12.8 Å². The number of amides is 1. The third kappa shape index (κ3) is 4.24. The second-order valence-electron chi connectivity index (χ2n) is 7.86. The van der Waals surface area contributed by atoms with Gasteiger partial charge in [0.05, 0.1) is 10.2 Å². The Balaban J connectivity index is 1.64. The molecule has 1 aromatic carbocycles. The zero-order valence-electron chi connectivity index (χ0n) is 15.4. The fraction of sp³-hybridized carbons (Fsp3) is 0.579. The third-order valence-electron chi connectivity index (χ3n) is 4.53. The van der Waals surface area contributed by atoms with Crippen LogP contribution in [0.15, 0.2) is 23.0 Å². The van der Waals surface area contributed by atoms with Gasteiger partial charge < -0.3 is 9.64 Å². The average molecular weight is 362 g/mol. The second-order valence-corrected chi connectivity index (χ2v) is 8.85. The minimum atomic E-state index is -0.463. The van der Waals surface area contributed by atoms with Crippen molar-refractivity contribution in [2.45, 2.75) is 52.7 Å². The van der Waals surface area contributed by atoms with E-state index in [0.717, 1.165) is 29.6 Å². The summed E-state index contributed by atoms with van der Waals surface area (Å²) in [5, 5.41) is 0. The van der Waals surface area contributed by atoms with Crippen molar-refractivity contribution in [2.24, 2.45) is 5.92 Å². The Morgan fingerprint density at radius 2 is 1.96 bits per heavy atom. The van der Waals surface area contributed by atoms with E-state index in [-0.39, 0.29) is 11.0 Å². The van der Waals surface area contributed by atoms with Crippen LogP contribution in [-0.4, -0.2) is 34.3 Å². The standard InChI is InChI=1S/C19H26N2O3S/c1-13-5-6-15-16(11-13)25-18(23)21(15)12-14-7-9-20(10-8-14)17(22)24-19(2,3)4/h5-6,11,14H,7-10,12H2,1-4H3. The topological polar surface area (TPSA) is 51.5 Å². The zero-order chi connectivity index (χ0) is 18.2. The summed E-state index contributed by atoms with van der Waals surface area (Å²) in [4.78, 5) is 26.4. The molecule has 6 heteroatoms. The number of carbonyl (C=O) groups excluding carboxylic acids is 1. The van der Waals surface area contributed by atoms with Crippen molar-refractivity contribution in [1.29, 1.82) is 0 Å². The highest BCUT2D eigenvalue weighted by Gasteiger charge is 2.27. The summed E-state index contributed by atoms with van der Waals surface area (Å²) in [6.07, 6.45) is 1.56. The Morgan fingerprint density at radius 3 is 2.60 bits per heavy atom. The Bertz CT molecular complexity index is 823. The Labute approximate surface area is 152 Å². The summed E-state index contributed by atoms with van der Waals surface area (Å²) in [6, 6.07) is 6.16. The molecule has 1 amide bonds. The van der Waals surface area contributed by atoms with Crippen LogP contribution in [0.1, 0.15) is 39.2 Å². The van der Waals surface area contributed by atoms with Gasteiger partial charge >= 0.3 is 11.0 Å². The van der Waals surface area contributed by atoms with Crippen LogP contribution in [0.4, 0.5) is 4.79 Å². The number of aromatic nitrogens is 1. The highest BCUT2D eigenvalue weighted by Crippen LogP contribution is 2.24. The first-order chi connectivity index (χ1) is 11.7. The fourth-order valence-electron chi connectivity index (χ4n) is 3.23. The number of hydrogen-bond donors (Lipinski definition) is 0. The number of likely N-dealkylation sites (tertiary alicyclic amines) is 1. The molecule has 1 aromatic heterocycles. The normalized spacial score (nSPS) is 16.4. The molecule has 1 aliphatic heterocycles. The number of hydrogen-bond acceptors (Lipinski definition) is 4. The Morgan fingerprint density at radius 1 is 1.28 bits per heavy atom. The van der Waals surface area contributed by atoms with Crippen LogP contribution in [0.3, 0.4) is 0 Å². The smallest absolute Gasteiger partial charge is 0.410 e. The molecular weight excluding hydrogens is 336 g/mol. The number of thiazole rings is 1. The lowest BCUT2D eigenvalue weighted by Gasteiger charge is -2.33. The predicted molar refractivity (Wildman–Crippen MR) is 101 cm³/mol. The molecule has 0 radical (unpaired) electrons. The Hall–Kier alpha value is -1.82. The third-order valence-corrected chi connectivity index (χ3v) is 5.47. The number of ether oxygens (including phenoxy) is 1. The van der Waals surface area contributed by atoms with Crippen LogP contribution >= 0.6 is 11.3 Å². The van der Waals surface area contributed by atoms with Crippen LogP contribution in [-0.2, 0) is 11.3 Å². The minimum absolute atomic E-state index is 0.107. The number of rotatable bonds is 2. The van der Waals surface area contributed by atoms with Gasteiger partial charge in [-0.3, -0.25) is 9.36 Å². The van der Waals surface area contributed by atoms with Gasteiger partial charge in [0.25, 0.3) is 0 Å². The number of piperidine rings is 1. The van der Waals surface area contributed by atoms with Crippen LogP contribution in [0.2, 0.25) is 0 Å². The first-order valence-electron chi connectivity index (χ1n) is 8.81. The van der Waals surface area contributed by atoms with Crippen molar-refractivity contribution in [3.63, 3.8) is 0 Å². The van der Waals surface area contributed by atoms with Crippen molar-refractivity contribution >= 4 is 27.6 Å². The summed E-state index contributed by atoms with van der Waals surface area (Å²) in [5.74, 6) is 0.412. The molecule has 1 fully saturated rings. The average Bonchev–Trinajstić information content (AvgIpc) is 2.81. The molecule has 0 spiro atoms. The number of benzene rings is 1. The first kappa shape index (κ1) is 18.0. The van der Waals surface area contributed by atoms with Crippen LogP contribution in [0.5, 0.6) is 0 Å². The largest absolute Gasteiger partial charge is 0.444 e. The highest BCUT2D eigenvalue weighted by atomic mass is 32.1. The van der Waals surface area contributed by atoms with Crippen molar-refractivity contribution in [1.82, 2.24) is 9.47 Å². The summed E-state index contributed by atoms with van der Waals surface area (Å²) in [5.41, 5.74) is 1.73. The van der Waals surface area contributed by atoms with E-state index in [1.54, 1.807) is 4.90 Å². The van der Waals surface area contributed by atoms with Gasteiger partial charge in [-0.1, -0.05) is 17.4 Å². The molecule has 0 atom stereocenters. The van der Waals surface area contributed by atoms with E-state index in [2.05, 4.69) is 12.1 Å². The van der Waals surface area contributed by atoms with Crippen molar-refractivity contribution in [2.75, 3.05) is 13.1 Å². The van der Waals surface area contributed by atoms with E-state index in [1.807, 2.05) is 38.3 Å². The van der Waals surface area contributed by atoms with Gasteiger partial charge in [0.2, 0.25) is 0 Å². The van der Waals surface area contributed by atoms with Crippen molar-refractivity contribution in [3.05, 3.63) is 33.4 Å². The van der Waals surface area contributed by atoms with Gasteiger partial charge in [-0.05, 0) is 64.2 Å². The van der Waals surface area contributed by atoms with E-state index in [1.165, 1.54) is 16.9 Å². The maximum absolute atomic E-state index is 12.3. The molecule has 3 rings (SSSR count). The molecule has 0 aliphatic carbocycles. The molecule has 136 valence electrons. The lowest BCUT2D eigenvalue weighted by Crippen LogP contribution is -2.42. The summed E-state index contributed by atoms with van der Waals surface area (Å²) in [7, 11) is 0. The summed E-state index contributed by atoms with van der Waals surface area (Å²) < 4.78 is 8.39. The van der Waals surface area contributed by atoms with Crippen LogP contribution < -0.4 is 4.87 Å². The lowest BCUT2D eigenvalue weighted by molar-refractivity contribution is 0.0178. The molecule has 1 saturated heterocycles. The van der Waals surface area contributed by atoms with E-state index >= 15 is 0 Å². The fourth-order valence-corrected chi connectivity index (χ4v) is 4.23. The molecule has 5 nitrogen and oxygen atoms in total. The highest BCUT2D eigenvalue weighted by molar-refractivity contribution is 7.16. The molecule has 1 aliphatic rings. The van der Waals surface area contributed by atoms with Gasteiger partial charge in [-0.25, -0.2) is 4.79 Å². The number of aryl methyl sites for hydroxylation is 1. The quantitative estimate of drug-likeness (QED) is 0.811. The maximum atomic E-state index is 12.3. The molecule has 0 bridgehead atoms. The van der Waals surface area contributed by atoms with Crippen molar-refractivity contribution < 1.29 is 9.53 Å². The minimum Gasteiger partial charge on any atom is -0.444 e. The van der Waals surface area contributed by atoms with Gasteiger partial charge in [0.15, 0.2) is 0 Å². The van der Waals surface area contributed by atoms with E-state index < -0.39 is 5.60 Å². The van der Waals surface area contributed by atoms with Crippen molar-refractivity contribution in [3.8, 4) is 0 Å². The van der Waals surface area contributed by atoms with Gasteiger partial charge in [-0.2, -0.15) is 0 Å². The summed E-state index contributed by atoms with van der Waals surface area (Å²) in [6.45, 7) is 9.80. The lowest BCUT2D eigenvalue weighted by atomic mass is 9.97. The monoisotopic (exact) mass is 362 g/mol. The first-order valence-corrected chi connectivity index (χ1v) is 9.62. The zero-order valence-corrected chi connectivity index (χ0v) is 16.2. The number of carbonyl (C=O) groups is 1. The second kappa shape index (κ2) is 6.83. The molecule has 0 saturated carbocycles. The molecule has 25 heavy (non-hydrogen) atoms. The Kier molecular flexibility index (Phi) is 4.91. The van der Waals surface area contributed by atoms with Gasteiger partial charge in [0, 0.05) is 19.6 Å². The van der Waals surface area contributed by atoms with Gasteiger partial charge in [-0.15, -0.1) is 0 Å². The van der Waals surface area contributed by atoms with E-state index in [4.69, 9.17) is 4.74 Å². The van der Waals surface area contributed by atoms with E-state index in [9.17, 15) is 9.59 Å². The molecule has 2 heterocycles. The molecule has 0 unspecified atom stereocenters. The SMILES string of the molecule is Cc1ccc2c(c1)sc(=O)n2CC1CCN(C(=O)OC(C)(C)C)CC1. The number of nitrogens with zero attached hydrogens (tertiary/aromatic N) is 2. The van der Waals surface area contributed by atoms with E-state index in [0.29, 0.717) is 19.0 Å². The number of fused-ring (bicyclic) bond motifs is 1. The molecule has 2 aromatic rings. The molecule has 0 N–H and O–H groups in total. The predicted octanol–water partition coefficient (Wildman–Crippen LogP) is 4.02. The van der Waals surface area contributed by atoms with Gasteiger partial charge in [0.1, 0.15) is 5.60 Å². The van der Waals surface area contributed by atoms with Crippen LogP contribution in [0.25, 0.3) is 10.2 Å². The maximum Gasteiger partial charge on any atom is 0.410 e. The summed E-state index contributed by atoms with van der Waals surface area (Å²) >= 11 is 1.32.